The van der Waals surface area contributed by atoms with Crippen LogP contribution in [0, 0.1) is 0 Å². The number of aromatic nitrogens is 3. The number of benzene rings is 2. The fourth-order valence-corrected chi connectivity index (χ4v) is 3.20. The molecule has 1 amide bonds. The average molecular weight is 388 g/mol. The summed E-state index contributed by atoms with van der Waals surface area (Å²) in [4.78, 5) is 18.4. The van der Waals surface area contributed by atoms with Crippen LogP contribution in [0.2, 0.25) is 0 Å². The molecule has 1 saturated heterocycles. The van der Waals surface area contributed by atoms with E-state index in [0.717, 1.165) is 37.6 Å². The number of carbonyl (C=O) groups excluding carboxylic acids is 1. The van der Waals surface area contributed by atoms with Crippen LogP contribution in [0.4, 0.5) is 11.4 Å². The minimum absolute atomic E-state index is 0.202. The van der Waals surface area contributed by atoms with Crippen LogP contribution in [-0.2, 0) is 4.79 Å². The number of rotatable bonds is 5. The van der Waals surface area contributed by atoms with Gasteiger partial charge in [-0.25, -0.2) is 0 Å². The van der Waals surface area contributed by atoms with E-state index < -0.39 is 0 Å². The Balaban J connectivity index is 1.33. The predicted octanol–water partition coefficient (Wildman–Crippen LogP) is 2.67. The largest absolute Gasteiger partial charge is 0.369 e. The normalized spacial score (nSPS) is 15.0. The van der Waals surface area contributed by atoms with Crippen LogP contribution in [0.25, 0.3) is 11.8 Å². The van der Waals surface area contributed by atoms with E-state index in [-0.39, 0.29) is 5.91 Å². The number of anilines is 2. The number of hydrogen-bond acceptors (Lipinski definition) is 5. The Kier molecular flexibility index (Phi) is 5.67. The van der Waals surface area contributed by atoms with Crippen LogP contribution in [0.3, 0.4) is 0 Å². The Morgan fingerprint density at radius 2 is 1.69 bits per heavy atom. The maximum absolute atomic E-state index is 12.2. The molecule has 2 heterocycles. The zero-order valence-electron chi connectivity index (χ0n) is 16.4. The molecule has 0 atom stereocenters. The van der Waals surface area contributed by atoms with E-state index in [1.54, 1.807) is 12.3 Å². The molecule has 2 aromatic carbocycles. The van der Waals surface area contributed by atoms with Crippen LogP contribution in [0.5, 0.6) is 0 Å². The second kappa shape index (κ2) is 8.70. The van der Waals surface area contributed by atoms with Crippen LogP contribution in [-0.4, -0.2) is 59.0 Å². The number of nitrogens with one attached hydrogen (secondary N) is 1. The van der Waals surface area contributed by atoms with E-state index in [2.05, 4.69) is 44.5 Å². The van der Waals surface area contributed by atoms with Gasteiger partial charge in [-0.15, -0.1) is 5.10 Å². The molecule has 0 saturated carbocycles. The first-order chi connectivity index (χ1) is 14.2. The van der Waals surface area contributed by atoms with Crippen molar-refractivity contribution in [1.29, 1.82) is 0 Å². The smallest absolute Gasteiger partial charge is 0.248 e. The highest BCUT2D eigenvalue weighted by atomic mass is 16.1. The molecular weight excluding hydrogens is 364 g/mol. The maximum Gasteiger partial charge on any atom is 0.248 e. The molecule has 148 valence electrons. The summed E-state index contributed by atoms with van der Waals surface area (Å²) in [6.07, 6.45) is 4.75. The predicted molar refractivity (Wildman–Crippen MR) is 115 cm³/mol. The van der Waals surface area contributed by atoms with Crippen molar-refractivity contribution in [2.24, 2.45) is 0 Å². The maximum atomic E-state index is 12.2. The van der Waals surface area contributed by atoms with Crippen molar-refractivity contribution in [3.8, 4) is 5.69 Å². The summed E-state index contributed by atoms with van der Waals surface area (Å²) in [7, 11) is 2.14. The molecule has 1 N–H and O–H groups in total. The first kappa shape index (κ1) is 18.9. The van der Waals surface area contributed by atoms with E-state index in [9.17, 15) is 4.79 Å². The molecule has 1 aliphatic heterocycles. The Labute approximate surface area is 170 Å². The van der Waals surface area contributed by atoms with Crippen molar-refractivity contribution in [2.75, 3.05) is 43.4 Å². The van der Waals surface area contributed by atoms with Gasteiger partial charge < -0.3 is 15.1 Å². The molecule has 0 radical (unpaired) electrons. The van der Waals surface area contributed by atoms with Crippen molar-refractivity contribution < 1.29 is 4.79 Å². The molecule has 1 aliphatic rings. The molecule has 1 fully saturated rings. The van der Waals surface area contributed by atoms with E-state index >= 15 is 0 Å². The van der Waals surface area contributed by atoms with Gasteiger partial charge in [0.1, 0.15) is 5.69 Å². The zero-order chi connectivity index (χ0) is 20.1. The summed E-state index contributed by atoms with van der Waals surface area (Å²) >= 11 is 0. The van der Waals surface area contributed by atoms with Crippen molar-refractivity contribution >= 4 is 23.4 Å². The molecule has 7 heteroatoms. The molecule has 0 spiro atoms. The molecule has 1 aromatic heterocycles. The van der Waals surface area contributed by atoms with Gasteiger partial charge >= 0.3 is 0 Å². The number of amides is 1. The second-order valence-electron chi connectivity index (χ2n) is 7.05. The van der Waals surface area contributed by atoms with Gasteiger partial charge in [-0.05, 0) is 49.5 Å². The van der Waals surface area contributed by atoms with Crippen molar-refractivity contribution in [3.05, 3.63) is 72.6 Å². The number of hydrogen-bond donors (Lipinski definition) is 1. The monoisotopic (exact) mass is 388 g/mol. The number of para-hydroxylation sites is 1. The fourth-order valence-electron chi connectivity index (χ4n) is 3.20. The topological polar surface area (TPSA) is 66.3 Å². The van der Waals surface area contributed by atoms with Gasteiger partial charge in [0.15, 0.2) is 0 Å². The minimum atomic E-state index is -0.202. The third-order valence-corrected chi connectivity index (χ3v) is 4.91. The molecule has 3 aromatic rings. The lowest BCUT2D eigenvalue weighted by molar-refractivity contribution is -0.111. The van der Waals surface area contributed by atoms with E-state index in [4.69, 9.17) is 0 Å². The molecule has 4 rings (SSSR count). The first-order valence-electron chi connectivity index (χ1n) is 9.68. The first-order valence-corrected chi connectivity index (χ1v) is 9.68. The number of likely N-dealkylation sites (N-methyl/N-ethyl adjacent to an activating group) is 1. The lowest BCUT2D eigenvalue weighted by Crippen LogP contribution is -2.44. The molecule has 0 bridgehead atoms. The molecule has 0 unspecified atom stereocenters. The van der Waals surface area contributed by atoms with Gasteiger partial charge in [0, 0.05) is 43.6 Å². The Morgan fingerprint density at radius 1 is 0.966 bits per heavy atom. The Bertz CT molecular complexity index is 972. The van der Waals surface area contributed by atoms with Gasteiger partial charge in [-0.1, -0.05) is 18.2 Å². The van der Waals surface area contributed by atoms with Gasteiger partial charge in [0.25, 0.3) is 0 Å². The lowest BCUT2D eigenvalue weighted by Gasteiger charge is -2.34. The van der Waals surface area contributed by atoms with E-state index in [1.807, 2.05) is 42.5 Å². The van der Waals surface area contributed by atoms with Gasteiger partial charge in [0.2, 0.25) is 5.91 Å². The number of piperazine rings is 1. The number of nitrogens with zero attached hydrogens (tertiary/aromatic N) is 5. The zero-order valence-corrected chi connectivity index (χ0v) is 16.4. The fraction of sp³-hybridized carbons (Fsp3) is 0.227. The third-order valence-electron chi connectivity index (χ3n) is 4.91. The van der Waals surface area contributed by atoms with E-state index in [1.165, 1.54) is 16.6 Å². The molecule has 29 heavy (non-hydrogen) atoms. The van der Waals surface area contributed by atoms with Gasteiger partial charge in [0.05, 0.1) is 11.9 Å². The van der Waals surface area contributed by atoms with Crippen LogP contribution in [0.15, 0.2) is 66.9 Å². The van der Waals surface area contributed by atoms with Crippen molar-refractivity contribution in [3.63, 3.8) is 0 Å². The summed E-state index contributed by atoms with van der Waals surface area (Å²) in [5.74, 6) is -0.202. The Morgan fingerprint density at radius 3 is 2.41 bits per heavy atom. The lowest BCUT2D eigenvalue weighted by atomic mass is 10.2. The summed E-state index contributed by atoms with van der Waals surface area (Å²) in [6, 6.07) is 17.6. The highest BCUT2D eigenvalue weighted by Gasteiger charge is 2.14. The summed E-state index contributed by atoms with van der Waals surface area (Å²) in [5.41, 5.74) is 3.45. The van der Waals surface area contributed by atoms with Crippen LogP contribution >= 0.6 is 0 Å². The summed E-state index contributed by atoms with van der Waals surface area (Å²) < 4.78 is 0. The van der Waals surface area contributed by atoms with E-state index in [0.29, 0.717) is 5.69 Å². The highest BCUT2D eigenvalue weighted by Crippen LogP contribution is 2.19. The van der Waals surface area contributed by atoms with Crippen molar-refractivity contribution in [1.82, 2.24) is 19.9 Å². The molecule has 7 nitrogen and oxygen atoms in total. The van der Waals surface area contributed by atoms with Gasteiger partial charge in [-0.3, -0.25) is 4.79 Å². The Hall–Kier alpha value is -3.45. The SMILES string of the molecule is CN1CCN(c2ccc(NC(=O)/C=C/c3cnn(-c4ccccc4)n3)cc2)CC1. The van der Waals surface area contributed by atoms with Crippen molar-refractivity contribution in [2.45, 2.75) is 0 Å². The van der Waals surface area contributed by atoms with Crippen LogP contribution < -0.4 is 10.2 Å². The highest BCUT2D eigenvalue weighted by molar-refractivity contribution is 6.01. The summed E-state index contributed by atoms with van der Waals surface area (Å²) in [5, 5.41) is 11.5. The third kappa shape index (κ3) is 4.89. The standard InChI is InChI=1S/C22H24N6O/c1-26-13-15-27(16-14-26)20-10-7-18(8-11-20)24-22(29)12-9-19-17-23-28(25-19)21-5-3-2-4-6-21/h2-12,17H,13-16H2,1H3,(H,24,29)/b12-9+. The average Bonchev–Trinajstić information content (AvgIpc) is 3.23. The molecular formula is C22H24N6O. The molecule has 0 aliphatic carbocycles. The second-order valence-corrected chi connectivity index (χ2v) is 7.05. The van der Waals surface area contributed by atoms with Crippen LogP contribution in [0.1, 0.15) is 5.69 Å². The number of carbonyl (C=O) groups is 1. The summed E-state index contributed by atoms with van der Waals surface area (Å²) in [6.45, 7) is 4.18. The minimum Gasteiger partial charge on any atom is -0.369 e. The van der Waals surface area contributed by atoms with Gasteiger partial charge in [-0.2, -0.15) is 9.90 Å². The quantitative estimate of drug-likeness (QED) is 0.681.